The van der Waals surface area contributed by atoms with Crippen molar-refractivity contribution in [1.29, 1.82) is 0 Å². The third-order valence-corrected chi connectivity index (χ3v) is 10.3. The summed E-state index contributed by atoms with van der Waals surface area (Å²) in [4.78, 5) is 25.1. The minimum Gasteiger partial charge on any atom is -0.507 e. The number of fused-ring (bicyclic) bond motifs is 2. The standard InChI is InChI=1S/2C21H20O11/c22-7-14-16(26)18(28)19(29)21(32-14)31-12-4-2-9-15(25)13(30-20(9)17(12)27)6-8-1-3-10(23)11(24)5-8;22-7-16-18(27)19(28)20(29)21(32-16)30-9-4-12(25)17-13(26)6-14(31-15(17)5-9)8-1-2-10(23)11(24)3-8/h1-6,14,16,18-19,21-24,26-29H,7H2;1-6,16,18-25,27-29H,7H2/t14?,16-,18+,19?,21-;16-,18-,19+,20-,21-/m11/s1. The fraction of sp³-hybridized carbons (Fsp3) is 0.286. The summed E-state index contributed by atoms with van der Waals surface area (Å²) in [5, 5.41) is 137. The van der Waals surface area contributed by atoms with Crippen LogP contribution >= 0.6 is 0 Å². The molecular weight excluding hydrogens is 856 g/mol. The molecule has 0 aliphatic carbocycles. The average molecular weight is 897 g/mol. The van der Waals surface area contributed by atoms with Crippen molar-refractivity contribution >= 4 is 22.8 Å². The van der Waals surface area contributed by atoms with Crippen LogP contribution in [0.1, 0.15) is 15.9 Å². The predicted molar refractivity (Wildman–Crippen MR) is 213 cm³/mol. The van der Waals surface area contributed by atoms with Crippen LogP contribution in [-0.2, 0) is 9.47 Å². The van der Waals surface area contributed by atoms with Crippen LogP contribution in [0.15, 0.2) is 81.7 Å². The van der Waals surface area contributed by atoms with Gasteiger partial charge in [-0.3, -0.25) is 9.59 Å². The number of carbonyl (C=O) groups is 1. The van der Waals surface area contributed by atoms with E-state index in [9.17, 15) is 81.1 Å². The van der Waals surface area contributed by atoms with Crippen molar-refractivity contribution in [1.82, 2.24) is 0 Å². The Balaban J connectivity index is 0.000000191. The molecule has 22 heteroatoms. The topological polar surface area (TPSA) is 377 Å². The number of Topliss-reactive ketones (excluding diaryl/α,β-unsaturated/α-hetero) is 1. The molecule has 0 saturated carbocycles. The monoisotopic (exact) mass is 896 g/mol. The second kappa shape index (κ2) is 18.2. The lowest BCUT2D eigenvalue weighted by Crippen LogP contribution is -2.60. The van der Waals surface area contributed by atoms with Gasteiger partial charge in [-0.25, -0.2) is 0 Å². The third-order valence-electron chi connectivity index (χ3n) is 10.3. The molecule has 22 nitrogen and oxygen atoms in total. The quantitative estimate of drug-likeness (QED) is 0.0680. The first kappa shape index (κ1) is 45.3. The Hall–Kier alpha value is -6.70. The fourth-order valence-electron chi connectivity index (χ4n) is 6.82. The van der Waals surface area contributed by atoms with Crippen LogP contribution in [0.25, 0.3) is 28.4 Å². The zero-order chi connectivity index (χ0) is 46.3. The maximum atomic E-state index is 12.6. The zero-order valence-corrected chi connectivity index (χ0v) is 32.6. The van der Waals surface area contributed by atoms with Gasteiger partial charge in [0.05, 0.1) is 18.8 Å². The molecule has 3 aliphatic heterocycles. The predicted octanol–water partition coefficient (Wildman–Crippen LogP) is -0.646. The van der Waals surface area contributed by atoms with Gasteiger partial charge < -0.3 is 99.6 Å². The summed E-state index contributed by atoms with van der Waals surface area (Å²) in [6, 6.07) is 13.7. The molecule has 0 spiro atoms. The van der Waals surface area contributed by atoms with Gasteiger partial charge >= 0.3 is 0 Å². The number of aliphatic hydroxyl groups excluding tert-OH is 8. The first-order valence-electron chi connectivity index (χ1n) is 19.0. The Morgan fingerprint density at radius 1 is 0.594 bits per heavy atom. The van der Waals surface area contributed by atoms with Crippen LogP contribution in [-0.4, -0.2) is 152 Å². The van der Waals surface area contributed by atoms with Crippen molar-refractivity contribution in [2.75, 3.05) is 13.2 Å². The summed E-state index contributed by atoms with van der Waals surface area (Å²) < 4.78 is 32.6. The molecule has 10 atom stereocenters. The number of benzene rings is 4. The van der Waals surface area contributed by atoms with E-state index < -0.39 is 103 Å². The van der Waals surface area contributed by atoms with E-state index in [-0.39, 0.29) is 68.1 Å². The van der Waals surface area contributed by atoms with Crippen molar-refractivity contribution in [2.24, 2.45) is 0 Å². The molecule has 340 valence electrons. The van der Waals surface area contributed by atoms with Crippen LogP contribution in [0.4, 0.5) is 0 Å². The number of aromatic hydroxyl groups is 6. The lowest BCUT2D eigenvalue weighted by atomic mass is 9.99. The Bertz CT molecular complexity index is 2640. The number of ether oxygens (including phenoxy) is 5. The zero-order valence-electron chi connectivity index (χ0n) is 32.6. The van der Waals surface area contributed by atoms with Crippen molar-refractivity contribution in [3.8, 4) is 63.1 Å². The van der Waals surface area contributed by atoms with E-state index >= 15 is 0 Å². The highest BCUT2D eigenvalue weighted by atomic mass is 16.7. The van der Waals surface area contributed by atoms with E-state index in [4.69, 9.17) is 28.1 Å². The Labute approximate surface area is 358 Å². The third kappa shape index (κ3) is 8.78. The smallest absolute Gasteiger partial charge is 0.232 e. The summed E-state index contributed by atoms with van der Waals surface area (Å²) in [7, 11) is 0. The number of rotatable bonds is 8. The minimum absolute atomic E-state index is 0.0258. The highest BCUT2D eigenvalue weighted by Crippen LogP contribution is 2.46. The first-order chi connectivity index (χ1) is 30.4. The maximum absolute atomic E-state index is 12.6. The SMILES string of the molecule is O=C1C(=Cc2ccc(O)c(O)c2)Oc2c1ccc(O[C@@H]1OC(CO)[C@@H](O)[C@H](O)C1O)c2O.O=c1cc(-c2ccc(O)c(O)c2)oc2cc(O[C@@H]3O[C@H](CO)[C@@H](O)[C@H](O)[C@H]3O)cc(O)c12. The van der Waals surface area contributed by atoms with Crippen molar-refractivity contribution in [3.05, 3.63) is 93.8 Å². The molecule has 1 aromatic heterocycles. The molecule has 2 saturated heterocycles. The Morgan fingerprint density at radius 2 is 1.19 bits per heavy atom. The summed E-state index contributed by atoms with van der Waals surface area (Å²) in [6.07, 6.45) is -14.0. The Kier molecular flexibility index (Phi) is 12.9. The molecule has 0 bridgehead atoms. The van der Waals surface area contributed by atoms with E-state index in [0.717, 1.165) is 12.1 Å². The second-order valence-electron chi connectivity index (χ2n) is 14.6. The van der Waals surface area contributed by atoms with Gasteiger partial charge in [-0.15, -0.1) is 0 Å². The molecular formula is C42H40O22. The van der Waals surface area contributed by atoms with E-state index in [1.54, 1.807) is 0 Å². The fourth-order valence-corrected chi connectivity index (χ4v) is 6.82. The number of hydrogen-bond acceptors (Lipinski definition) is 22. The van der Waals surface area contributed by atoms with Crippen LogP contribution in [0.3, 0.4) is 0 Å². The molecule has 4 aromatic carbocycles. The maximum Gasteiger partial charge on any atom is 0.232 e. The van der Waals surface area contributed by atoms with Gasteiger partial charge in [-0.1, -0.05) is 6.07 Å². The number of carbonyl (C=O) groups excluding carboxylic acids is 1. The number of hydrogen-bond donors (Lipinski definition) is 14. The van der Waals surface area contributed by atoms with Crippen LogP contribution in [0.5, 0.6) is 51.7 Å². The molecule has 64 heavy (non-hydrogen) atoms. The highest BCUT2D eigenvalue weighted by Gasteiger charge is 2.46. The second-order valence-corrected chi connectivity index (χ2v) is 14.6. The van der Waals surface area contributed by atoms with E-state index in [1.165, 1.54) is 60.7 Å². The minimum atomic E-state index is -1.69. The molecule has 5 aromatic rings. The van der Waals surface area contributed by atoms with Crippen molar-refractivity contribution < 1.29 is 104 Å². The van der Waals surface area contributed by atoms with Gasteiger partial charge in [0.1, 0.15) is 77.1 Å². The van der Waals surface area contributed by atoms with Crippen molar-refractivity contribution in [2.45, 2.75) is 61.4 Å². The van der Waals surface area contributed by atoms with Gasteiger partial charge in [0.25, 0.3) is 0 Å². The van der Waals surface area contributed by atoms with Gasteiger partial charge in [0.15, 0.2) is 45.7 Å². The lowest BCUT2D eigenvalue weighted by Gasteiger charge is -2.39. The summed E-state index contributed by atoms with van der Waals surface area (Å²) in [5.41, 5.74) is -0.0314. The van der Waals surface area contributed by atoms with Gasteiger partial charge in [-0.05, 0) is 54.1 Å². The molecule has 8 rings (SSSR count). The van der Waals surface area contributed by atoms with Gasteiger partial charge in [0, 0.05) is 23.8 Å². The molecule has 0 radical (unpaired) electrons. The first-order valence-corrected chi connectivity index (χ1v) is 19.0. The largest absolute Gasteiger partial charge is 0.507 e. The number of aliphatic hydroxyl groups is 8. The normalized spacial score (nSPS) is 27.1. The summed E-state index contributed by atoms with van der Waals surface area (Å²) in [6.45, 7) is -1.30. The van der Waals surface area contributed by atoms with E-state index in [2.05, 4.69) is 0 Å². The summed E-state index contributed by atoms with van der Waals surface area (Å²) >= 11 is 0. The molecule has 4 heterocycles. The average Bonchev–Trinajstić information content (AvgIpc) is 3.58. The molecule has 0 amide bonds. The molecule has 3 aliphatic rings. The van der Waals surface area contributed by atoms with Crippen molar-refractivity contribution in [3.63, 3.8) is 0 Å². The van der Waals surface area contributed by atoms with E-state index in [1.807, 2.05) is 0 Å². The van der Waals surface area contributed by atoms with Gasteiger partial charge in [0.2, 0.25) is 24.1 Å². The molecule has 14 N–H and O–H groups in total. The molecule has 2 unspecified atom stereocenters. The Morgan fingerprint density at radius 3 is 1.78 bits per heavy atom. The van der Waals surface area contributed by atoms with Crippen LogP contribution in [0, 0.1) is 0 Å². The number of allylic oxidation sites excluding steroid dienone is 1. The van der Waals surface area contributed by atoms with Gasteiger partial charge in [-0.2, -0.15) is 0 Å². The van der Waals surface area contributed by atoms with E-state index in [0.29, 0.717) is 5.56 Å². The number of phenolic OH excluding ortho intramolecular Hbond substituents is 6. The number of ketones is 1. The lowest BCUT2D eigenvalue weighted by molar-refractivity contribution is -0.277. The van der Waals surface area contributed by atoms with Crippen LogP contribution < -0.4 is 19.6 Å². The number of phenols is 6. The highest BCUT2D eigenvalue weighted by molar-refractivity contribution is 6.15. The van der Waals surface area contributed by atoms with Crippen LogP contribution in [0.2, 0.25) is 0 Å². The summed E-state index contributed by atoms with van der Waals surface area (Å²) in [5.74, 6) is -3.82. The molecule has 2 fully saturated rings.